The van der Waals surface area contributed by atoms with Crippen LogP contribution >= 0.6 is 11.3 Å². The lowest BCUT2D eigenvalue weighted by Gasteiger charge is -2.36. The number of H-pyrrole nitrogens is 1. The van der Waals surface area contributed by atoms with Crippen LogP contribution in [-0.4, -0.2) is 127 Å². The molecule has 22 heteroatoms. The molecule has 0 bridgehead atoms. The van der Waals surface area contributed by atoms with Crippen molar-refractivity contribution in [2.24, 2.45) is 5.41 Å². The van der Waals surface area contributed by atoms with E-state index in [2.05, 4.69) is 51.3 Å². The van der Waals surface area contributed by atoms with Gasteiger partial charge in [-0.3, -0.25) is 38.7 Å². The topological polar surface area (TPSA) is 223 Å². The monoisotopic (exact) mass is 1110 g/mol. The maximum Gasteiger partial charge on any atom is 0.416 e. The number of thiazole rings is 1. The Morgan fingerprint density at radius 1 is 0.850 bits per heavy atom. The van der Waals surface area contributed by atoms with Crippen LogP contribution in [0.5, 0.6) is 0 Å². The average Bonchev–Trinajstić information content (AvgIpc) is 4.26. The van der Waals surface area contributed by atoms with Crippen LogP contribution in [0.25, 0.3) is 32.5 Å². The number of benzene rings is 4. The third-order valence-corrected chi connectivity index (χ3v) is 15.6. The van der Waals surface area contributed by atoms with Gasteiger partial charge in [0.1, 0.15) is 18.6 Å². The highest BCUT2D eigenvalue weighted by atomic mass is 32.1. The summed E-state index contributed by atoms with van der Waals surface area (Å²) in [5.41, 5.74) is 6.88. The molecular formula is C58H65F3N12O6S. The lowest BCUT2D eigenvalue weighted by Crippen LogP contribution is -2.57. The van der Waals surface area contributed by atoms with Gasteiger partial charge in [0.15, 0.2) is 5.82 Å². The Morgan fingerprint density at radius 2 is 1.59 bits per heavy atom. The molecule has 0 spiro atoms. The number of hydrogen-bond acceptors (Lipinski definition) is 12. The second-order valence-electron chi connectivity index (χ2n) is 21.6. The predicted molar refractivity (Wildman–Crippen MR) is 301 cm³/mol. The van der Waals surface area contributed by atoms with E-state index in [0.29, 0.717) is 34.3 Å². The Balaban J connectivity index is 0.690. The minimum Gasteiger partial charge on any atom is -0.391 e. The summed E-state index contributed by atoms with van der Waals surface area (Å²) < 4.78 is 41.5. The second kappa shape index (κ2) is 24.2. The van der Waals surface area contributed by atoms with Crippen LogP contribution in [0.4, 0.5) is 30.4 Å². The number of carbonyl (C=O) groups excluding carboxylic acids is 5. The number of β-amino-alcohol motifs (C(OH)–C–C–N with tert-alkyl or cyclic N) is 1. The normalized spacial score (nSPS) is 16.4. The number of carbonyl (C=O) groups is 5. The number of nitrogens with one attached hydrogen (secondary N) is 5. The fourth-order valence-corrected chi connectivity index (χ4v) is 10.9. The summed E-state index contributed by atoms with van der Waals surface area (Å²) in [6, 6.07) is 22.7. The zero-order valence-corrected chi connectivity index (χ0v) is 46.0. The van der Waals surface area contributed by atoms with Gasteiger partial charge in [0, 0.05) is 86.2 Å². The molecule has 5 heterocycles. The summed E-state index contributed by atoms with van der Waals surface area (Å²) in [4.78, 5) is 78.6. The number of aliphatic hydroxyl groups excluding tert-OH is 1. The lowest BCUT2D eigenvalue weighted by molar-refractivity contribution is -0.144. The quantitative estimate of drug-likeness (QED) is 0.0450. The first-order valence-electron chi connectivity index (χ1n) is 26.6. The van der Waals surface area contributed by atoms with Crippen LogP contribution in [0.3, 0.4) is 0 Å². The van der Waals surface area contributed by atoms with Crippen LogP contribution in [0.1, 0.15) is 79.2 Å². The SMILES string of the molecule is Cc1ccc(NC(=O)Cn2cc(-c3ccc4c(NC(=O)c5ccc(N6CCN(CCCCC(=O)NC(C(=O)N7CC(O)CC7C(=O)NCc7ccc(-c8scnc8C)cc7)C(C)(C)C)CC6)cc5)n[nH]c4c3)cn2)cc1C(F)(F)F. The molecule has 6 N–H and O–H groups in total. The minimum absolute atomic E-state index is 0.00256. The van der Waals surface area contributed by atoms with Crippen molar-refractivity contribution in [2.75, 3.05) is 54.8 Å². The third kappa shape index (κ3) is 13.7. The van der Waals surface area contributed by atoms with Gasteiger partial charge in [0.25, 0.3) is 5.91 Å². The average molecular weight is 1120 g/mol. The Hall–Kier alpha value is -7.95. The zero-order chi connectivity index (χ0) is 56.9. The number of aryl methyl sites for hydroxylation is 2. The summed E-state index contributed by atoms with van der Waals surface area (Å²) in [5.74, 6) is -1.50. The van der Waals surface area contributed by atoms with E-state index in [1.807, 2.05) is 87.8 Å². The number of halogens is 3. The molecule has 2 aliphatic heterocycles. The highest BCUT2D eigenvalue weighted by molar-refractivity contribution is 7.13. The first-order valence-corrected chi connectivity index (χ1v) is 27.5. The number of piperazine rings is 1. The molecule has 3 atom stereocenters. The van der Waals surface area contributed by atoms with Gasteiger partial charge in [-0.1, -0.05) is 57.2 Å². The maximum absolute atomic E-state index is 14.1. The van der Waals surface area contributed by atoms with E-state index in [-0.39, 0.29) is 61.4 Å². The fourth-order valence-electron chi connectivity index (χ4n) is 10.1. The second-order valence-corrected chi connectivity index (χ2v) is 22.4. The summed E-state index contributed by atoms with van der Waals surface area (Å²) in [7, 11) is 0. The molecule has 18 nitrogen and oxygen atoms in total. The van der Waals surface area contributed by atoms with Crippen molar-refractivity contribution in [3.05, 3.63) is 131 Å². The number of amides is 5. The number of likely N-dealkylation sites (tertiary alicyclic amines) is 1. The molecular weight excluding hydrogens is 1050 g/mol. The van der Waals surface area contributed by atoms with Gasteiger partial charge in [-0.15, -0.1) is 11.3 Å². The predicted octanol–water partition coefficient (Wildman–Crippen LogP) is 8.18. The van der Waals surface area contributed by atoms with Gasteiger partial charge in [-0.2, -0.15) is 23.4 Å². The van der Waals surface area contributed by atoms with E-state index in [1.165, 1.54) is 28.6 Å². The van der Waals surface area contributed by atoms with Gasteiger partial charge in [0.05, 0.1) is 39.5 Å². The number of aromatic nitrogens is 5. The molecule has 3 unspecified atom stereocenters. The Bertz CT molecular complexity index is 3360. The molecule has 0 saturated carbocycles. The van der Waals surface area contributed by atoms with Crippen LogP contribution in [-0.2, 0) is 38.4 Å². The molecule has 420 valence electrons. The number of unbranched alkanes of at least 4 members (excludes halogenated alkanes) is 1. The summed E-state index contributed by atoms with van der Waals surface area (Å²) in [6.45, 7) is 13.0. The molecule has 7 aromatic rings. The van der Waals surface area contributed by atoms with Gasteiger partial charge in [0.2, 0.25) is 23.6 Å². The number of hydrogen-bond donors (Lipinski definition) is 6. The van der Waals surface area contributed by atoms with Gasteiger partial charge in [-0.25, -0.2) is 4.98 Å². The summed E-state index contributed by atoms with van der Waals surface area (Å²) in [5, 5.41) is 34.2. The van der Waals surface area contributed by atoms with Gasteiger partial charge < -0.3 is 36.2 Å². The molecule has 0 aliphatic carbocycles. The van der Waals surface area contributed by atoms with Crippen molar-refractivity contribution in [3.63, 3.8) is 0 Å². The molecule has 80 heavy (non-hydrogen) atoms. The van der Waals surface area contributed by atoms with E-state index >= 15 is 0 Å². The smallest absolute Gasteiger partial charge is 0.391 e. The number of aliphatic hydroxyl groups is 1. The van der Waals surface area contributed by atoms with Gasteiger partial charge >= 0.3 is 6.18 Å². The van der Waals surface area contributed by atoms with Crippen LogP contribution in [0.2, 0.25) is 0 Å². The van der Waals surface area contributed by atoms with E-state index in [0.717, 1.165) is 78.2 Å². The fraction of sp³-hybridized carbons (Fsp3) is 0.379. The van der Waals surface area contributed by atoms with E-state index < -0.39 is 47.2 Å². The summed E-state index contributed by atoms with van der Waals surface area (Å²) in [6.07, 6.45) is -0.410. The number of fused-ring (bicyclic) bond motifs is 1. The maximum atomic E-state index is 14.1. The highest BCUT2D eigenvalue weighted by Crippen LogP contribution is 2.34. The number of alkyl halides is 3. The van der Waals surface area contributed by atoms with Crippen LogP contribution in [0.15, 0.2) is 103 Å². The van der Waals surface area contributed by atoms with Crippen molar-refractivity contribution in [2.45, 2.75) is 97.8 Å². The first kappa shape index (κ1) is 56.8. The molecule has 2 aliphatic rings. The summed E-state index contributed by atoms with van der Waals surface area (Å²) >= 11 is 1.57. The third-order valence-electron chi connectivity index (χ3n) is 14.6. The van der Waals surface area contributed by atoms with Crippen molar-refractivity contribution >= 4 is 69.0 Å². The Kier molecular flexibility index (Phi) is 17.2. The molecule has 2 fully saturated rings. The zero-order valence-electron chi connectivity index (χ0n) is 45.2. The largest absolute Gasteiger partial charge is 0.416 e. The number of nitrogens with zero attached hydrogens (tertiary/aromatic N) is 7. The van der Waals surface area contributed by atoms with E-state index in [4.69, 9.17) is 0 Å². The van der Waals surface area contributed by atoms with Crippen molar-refractivity contribution < 1.29 is 42.3 Å². The van der Waals surface area contributed by atoms with E-state index in [9.17, 15) is 42.3 Å². The molecule has 0 radical (unpaired) electrons. The molecule has 5 amide bonds. The molecule has 3 aromatic heterocycles. The standard InChI is InChI=1S/C58H65F3N12O6S/c1-35-9-17-42(27-46(35)58(59,60)61)65-50(76)33-72-31-41(30-64-72)40-16-20-45-47(26-40)68-69-53(45)67-54(77)39-14-18-43(19-15-39)71-24-22-70(23-25-71)21-7-6-8-49(75)66-52(57(3,4)5)56(79)73-32-44(74)28-48(73)55(78)62-29-37-10-12-38(13-11-37)51-36(2)63-34-80-51/h9-20,26-27,30-31,34,44,48,52,74H,6-8,21-25,28-29,32-33H2,1-5H3,(H,62,78)(H,65,76)(H,66,75)(H2,67,68,69,77). The van der Waals surface area contributed by atoms with Crippen molar-refractivity contribution in [1.82, 2.24) is 45.4 Å². The Morgan fingerprint density at radius 3 is 2.29 bits per heavy atom. The molecule has 2 saturated heterocycles. The van der Waals surface area contributed by atoms with Gasteiger partial charge in [-0.05, 0) is 109 Å². The number of anilines is 3. The highest BCUT2D eigenvalue weighted by Gasteiger charge is 2.44. The number of rotatable bonds is 18. The van der Waals surface area contributed by atoms with Crippen LogP contribution in [0, 0.1) is 19.3 Å². The van der Waals surface area contributed by atoms with Crippen molar-refractivity contribution in [3.8, 4) is 21.6 Å². The first-order chi connectivity index (χ1) is 38.2. The van der Waals surface area contributed by atoms with E-state index in [1.54, 1.807) is 35.9 Å². The van der Waals surface area contributed by atoms with Crippen LogP contribution < -0.4 is 26.2 Å². The Labute approximate surface area is 465 Å². The molecule has 4 aromatic carbocycles. The molecule has 9 rings (SSSR count). The van der Waals surface area contributed by atoms with Crippen molar-refractivity contribution in [1.29, 1.82) is 0 Å². The minimum atomic E-state index is -4.54. The number of aromatic amines is 1. The lowest BCUT2D eigenvalue weighted by atomic mass is 9.85.